The van der Waals surface area contributed by atoms with E-state index in [1.165, 1.54) is 11.6 Å². The van der Waals surface area contributed by atoms with Gasteiger partial charge in [-0.15, -0.1) is 0 Å². The van der Waals surface area contributed by atoms with E-state index in [1.54, 1.807) is 18.2 Å². The first-order valence-corrected chi connectivity index (χ1v) is 6.91. The Labute approximate surface area is 124 Å². The minimum Gasteiger partial charge on any atom is -0.351 e. The smallest absolute Gasteiger partial charge is 0.234 e. The van der Waals surface area contributed by atoms with Gasteiger partial charge < -0.3 is 10.6 Å². The Morgan fingerprint density at radius 2 is 1.90 bits per heavy atom. The van der Waals surface area contributed by atoms with Crippen LogP contribution in [0.4, 0.5) is 4.39 Å². The molecule has 2 aromatic rings. The van der Waals surface area contributed by atoms with E-state index in [0.717, 1.165) is 5.56 Å². The third kappa shape index (κ3) is 5.00. The summed E-state index contributed by atoms with van der Waals surface area (Å²) in [6.07, 6.45) is 0. The normalized spacial score (nSPS) is 10.4. The Hall–Kier alpha value is -2.20. The molecule has 0 atom stereocenters. The van der Waals surface area contributed by atoms with Crippen molar-refractivity contribution in [3.05, 3.63) is 71.0 Å². The molecular weight excluding hydrogens is 267 g/mol. The molecule has 2 aromatic carbocycles. The van der Waals surface area contributed by atoms with Crippen LogP contribution < -0.4 is 10.6 Å². The molecule has 2 rings (SSSR count). The largest absolute Gasteiger partial charge is 0.351 e. The SMILES string of the molecule is Cc1cccc(CNCC(=O)NCc2ccccc2F)c1. The third-order valence-electron chi connectivity index (χ3n) is 3.13. The minimum atomic E-state index is -0.300. The number of hydrogen-bond acceptors (Lipinski definition) is 2. The van der Waals surface area contributed by atoms with Crippen LogP contribution in [0, 0.1) is 12.7 Å². The van der Waals surface area contributed by atoms with Gasteiger partial charge in [0, 0.05) is 18.7 Å². The Bertz CT molecular complexity index is 613. The summed E-state index contributed by atoms with van der Waals surface area (Å²) in [5.74, 6) is -0.448. The Morgan fingerprint density at radius 1 is 1.10 bits per heavy atom. The maximum Gasteiger partial charge on any atom is 0.234 e. The van der Waals surface area contributed by atoms with Gasteiger partial charge in [0.25, 0.3) is 0 Å². The van der Waals surface area contributed by atoms with Crippen LogP contribution in [-0.2, 0) is 17.9 Å². The standard InChI is InChI=1S/C17H19FN2O/c1-13-5-4-6-14(9-13)10-19-12-17(21)20-11-15-7-2-3-8-16(15)18/h2-9,19H,10-12H2,1H3,(H,20,21). The molecule has 0 fully saturated rings. The number of nitrogens with one attached hydrogen (secondary N) is 2. The Morgan fingerprint density at radius 3 is 2.67 bits per heavy atom. The van der Waals surface area contributed by atoms with Gasteiger partial charge in [0.1, 0.15) is 5.82 Å². The predicted molar refractivity (Wildman–Crippen MR) is 81.1 cm³/mol. The van der Waals surface area contributed by atoms with E-state index in [9.17, 15) is 9.18 Å². The fourth-order valence-electron chi connectivity index (χ4n) is 2.04. The molecule has 0 bridgehead atoms. The molecule has 0 heterocycles. The van der Waals surface area contributed by atoms with Crippen LogP contribution in [-0.4, -0.2) is 12.5 Å². The number of aryl methyl sites for hydroxylation is 1. The van der Waals surface area contributed by atoms with Gasteiger partial charge in [0.15, 0.2) is 0 Å². The van der Waals surface area contributed by atoms with Crippen molar-refractivity contribution in [2.24, 2.45) is 0 Å². The van der Waals surface area contributed by atoms with E-state index < -0.39 is 0 Å². The van der Waals surface area contributed by atoms with Crippen molar-refractivity contribution < 1.29 is 9.18 Å². The minimum absolute atomic E-state index is 0.147. The van der Waals surface area contributed by atoms with Gasteiger partial charge in [-0.25, -0.2) is 4.39 Å². The molecule has 0 saturated heterocycles. The Kier molecular flexibility index (Phi) is 5.46. The lowest BCUT2D eigenvalue weighted by Gasteiger charge is -2.08. The van der Waals surface area contributed by atoms with Crippen molar-refractivity contribution in [3.63, 3.8) is 0 Å². The average molecular weight is 286 g/mol. The van der Waals surface area contributed by atoms with Gasteiger partial charge in [0.2, 0.25) is 5.91 Å². The third-order valence-corrected chi connectivity index (χ3v) is 3.13. The monoisotopic (exact) mass is 286 g/mol. The topological polar surface area (TPSA) is 41.1 Å². The molecule has 0 aliphatic heterocycles. The number of carbonyl (C=O) groups is 1. The highest BCUT2D eigenvalue weighted by Gasteiger charge is 2.04. The second-order valence-electron chi connectivity index (χ2n) is 4.96. The predicted octanol–water partition coefficient (Wildman–Crippen LogP) is 2.54. The molecule has 1 amide bonds. The van der Waals surface area contributed by atoms with Gasteiger partial charge in [-0.3, -0.25) is 4.79 Å². The van der Waals surface area contributed by atoms with E-state index in [2.05, 4.69) is 16.7 Å². The van der Waals surface area contributed by atoms with Crippen molar-refractivity contribution in [1.82, 2.24) is 10.6 Å². The highest BCUT2D eigenvalue weighted by atomic mass is 19.1. The first-order valence-electron chi connectivity index (χ1n) is 6.91. The lowest BCUT2D eigenvalue weighted by atomic mass is 10.1. The van der Waals surface area contributed by atoms with E-state index in [1.807, 2.05) is 25.1 Å². The average Bonchev–Trinajstić information content (AvgIpc) is 2.46. The summed E-state index contributed by atoms with van der Waals surface area (Å²) in [6.45, 7) is 3.08. The van der Waals surface area contributed by atoms with E-state index >= 15 is 0 Å². The summed E-state index contributed by atoms with van der Waals surface area (Å²) in [6, 6.07) is 14.5. The lowest BCUT2D eigenvalue weighted by Crippen LogP contribution is -2.33. The van der Waals surface area contributed by atoms with Crippen molar-refractivity contribution in [2.45, 2.75) is 20.0 Å². The molecular formula is C17H19FN2O. The maximum atomic E-state index is 13.4. The second-order valence-corrected chi connectivity index (χ2v) is 4.96. The van der Waals surface area contributed by atoms with Crippen LogP contribution in [0.5, 0.6) is 0 Å². The highest BCUT2D eigenvalue weighted by Crippen LogP contribution is 2.05. The zero-order chi connectivity index (χ0) is 15.1. The van der Waals surface area contributed by atoms with E-state index in [-0.39, 0.29) is 24.8 Å². The van der Waals surface area contributed by atoms with E-state index in [0.29, 0.717) is 12.1 Å². The molecule has 3 nitrogen and oxygen atoms in total. The van der Waals surface area contributed by atoms with Gasteiger partial charge in [-0.1, -0.05) is 48.0 Å². The molecule has 21 heavy (non-hydrogen) atoms. The number of halogens is 1. The van der Waals surface area contributed by atoms with Crippen molar-refractivity contribution >= 4 is 5.91 Å². The fourth-order valence-corrected chi connectivity index (χ4v) is 2.04. The van der Waals surface area contributed by atoms with Gasteiger partial charge >= 0.3 is 0 Å². The molecule has 0 saturated carbocycles. The molecule has 4 heteroatoms. The Balaban J connectivity index is 1.72. The van der Waals surface area contributed by atoms with Crippen LogP contribution in [0.1, 0.15) is 16.7 Å². The fraction of sp³-hybridized carbons (Fsp3) is 0.235. The van der Waals surface area contributed by atoms with Crippen LogP contribution in [0.2, 0.25) is 0 Å². The van der Waals surface area contributed by atoms with Crippen molar-refractivity contribution in [2.75, 3.05) is 6.54 Å². The first-order chi connectivity index (χ1) is 10.1. The van der Waals surface area contributed by atoms with E-state index in [4.69, 9.17) is 0 Å². The van der Waals surface area contributed by atoms with Gasteiger partial charge in [0.05, 0.1) is 6.54 Å². The summed E-state index contributed by atoms with van der Waals surface area (Å²) in [5, 5.41) is 5.77. The molecule has 0 unspecified atom stereocenters. The number of amides is 1. The molecule has 0 aromatic heterocycles. The molecule has 0 aliphatic carbocycles. The van der Waals surface area contributed by atoms with Crippen LogP contribution in [0.25, 0.3) is 0 Å². The first kappa shape index (κ1) is 15.2. The number of benzene rings is 2. The zero-order valence-electron chi connectivity index (χ0n) is 12.0. The lowest BCUT2D eigenvalue weighted by molar-refractivity contribution is -0.120. The number of carbonyl (C=O) groups excluding carboxylic acids is 1. The summed E-state index contributed by atoms with van der Waals surface area (Å²) >= 11 is 0. The number of hydrogen-bond donors (Lipinski definition) is 2. The van der Waals surface area contributed by atoms with Crippen LogP contribution in [0.3, 0.4) is 0 Å². The molecule has 0 spiro atoms. The molecule has 2 N–H and O–H groups in total. The number of rotatable bonds is 6. The summed E-state index contributed by atoms with van der Waals surface area (Å²) in [4.78, 5) is 11.7. The molecule has 0 radical (unpaired) electrons. The van der Waals surface area contributed by atoms with Crippen LogP contribution in [0.15, 0.2) is 48.5 Å². The quantitative estimate of drug-likeness (QED) is 0.857. The molecule has 110 valence electrons. The summed E-state index contributed by atoms with van der Waals surface area (Å²) in [7, 11) is 0. The van der Waals surface area contributed by atoms with Crippen LogP contribution >= 0.6 is 0 Å². The second kappa shape index (κ2) is 7.55. The van der Waals surface area contributed by atoms with Gasteiger partial charge in [-0.05, 0) is 18.6 Å². The molecule has 0 aliphatic rings. The zero-order valence-corrected chi connectivity index (χ0v) is 12.0. The maximum absolute atomic E-state index is 13.4. The van der Waals surface area contributed by atoms with Crippen molar-refractivity contribution in [3.8, 4) is 0 Å². The summed E-state index contributed by atoms with van der Waals surface area (Å²) < 4.78 is 13.4. The van der Waals surface area contributed by atoms with Gasteiger partial charge in [-0.2, -0.15) is 0 Å². The van der Waals surface area contributed by atoms with Crippen molar-refractivity contribution in [1.29, 1.82) is 0 Å². The highest BCUT2D eigenvalue weighted by molar-refractivity contribution is 5.77. The summed E-state index contributed by atoms with van der Waals surface area (Å²) in [5.41, 5.74) is 2.82.